The minimum absolute atomic E-state index is 0.491. The molecule has 0 aromatic rings. The molecule has 12 heavy (non-hydrogen) atoms. The standard InChI is InChI=1S/C11H23N/c1-5-7-9(3)10(4)11(12)8-6-2/h9-10,12H,5-8H2,1-4H3. The molecule has 0 aliphatic heterocycles. The Morgan fingerprint density at radius 1 is 1.17 bits per heavy atom. The van der Waals surface area contributed by atoms with E-state index in [4.69, 9.17) is 5.41 Å². The van der Waals surface area contributed by atoms with E-state index in [2.05, 4.69) is 27.7 Å². The number of rotatable bonds is 6. The number of hydrogen-bond acceptors (Lipinski definition) is 1. The minimum atomic E-state index is 0.491. The van der Waals surface area contributed by atoms with E-state index in [0.29, 0.717) is 11.8 Å². The Hall–Kier alpha value is -0.330. The SMILES string of the molecule is CCCC(=N)C(C)C(C)CCC. The molecule has 0 rings (SSSR count). The van der Waals surface area contributed by atoms with Gasteiger partial charge in [0, 0.05) is 5.71 Å². The number of hydrogen-bond donors (Lipinski definition) is 1. The normalized spacial score (nSPS) is 15.7. The average Bonchev–Trinajstić information content (AvgIpc) is 2.04. The van der Waals surface area contributed by atoms with Gasteiger partial charge in [-0.15, -0.1) is 0 Å². The fraction of sp³-hybridized carbons (Fsp3) is 0.909. The summed E-state index contributed by atoms with van der Waals surface area (Å²) < 4.78 is 0. The third-order valence-electron chi connectivity index (χ3n) is 2.67. The van der Waals surface area contributed by atoms with Crippen LogP contribution < -0.4 is 0 Å². The van der Waals surface area contributed by atoms with E-state index in [1.54, 1.807) is 0 Å². The minimum Gasteiger partial charge on any atom is -0.309 e. The van der Waals surface area contributed by atoms with Crippen molar-refractivity contribution in [2.75, 3.05) is 0 Å². The van der Waals surface area contributed by atoms with Gasteiger partial charge in [-0.1, -0.05) is 47.0 Å². The van der Waals surface area contributed by atoms with E-state index in [1.807, 2.05) is 0 Å². The van der Waals surface area contributed by atoms with Gasteiger partial charge in [0.2, 0.25) is 0 Å². The molecule has 0 aliphatic carbocycles. The van der Waals surface area contributed by atoms with Crippen molar-refractivity contribution in [1.29, 1.82) is 5.41 Å². The lowest BCUT2D eigenvalue weighted by Gasteiger charge is -2.19. The monoisotopic (exact) mass is 169 g/mol. The fourth-order valence-electron chi connectivity index (χ4n) is 1.55. The van der Waals surface area contributed by atoms with Gasteiger partial charge in [-0.3, -0.25) is 0 Å². The largest absolute Gasteiger partial charge is 0.309 e. The molecule has 0 amide bonds. The summed E-state index contributed by atoms with van der Waals surface area (Å²) in [5.74, 6) is 1.18. The summed E-state index contributed by atoms with van der Waals surface area (Å²) in [5.41, 5.74) is 0.943. The lowest BCUT2D eigenvalue weighted by molar-refractivity contribution is 0.438. The average molecular weight is 169 g/mol. The first kappa shape index (κ1) is 11.7. The van der Waals surface area contributed by atoms with Crippen LogP contribution in [-0.2, 0) is 0 Å². The summed E-state index contributed by atoms with van der Waals surface area (Å²) in [6.07, 6.45) is 4.59. The molecule has 0 fully saturated rings. The highest BCUT2D eigenvalue weighted by molar-refractivity contribution is 5.83. The van der Waals surface area contributed by atoms with Crippen LogP contribution in [0.25, 0.3) is 0 Å². The zero-order chi connectivity index (χ0) is 9.56. The maximum atomic E-state index is 7.80. The van der Waals surface area contributed by atoms with Crippen molar-refractivity contribution in [2.45, 2.75) is 53.4 Å². The van der Waals surface area contributed by atoms with Crippen molar-refractivity contribution in [2.24, 2.45) is 11.8 Å². The van der Waals surface area contributed by atoms with Crippen LogP contribution in [0.4, 0.5) is 0 Å². The third kappa shape index (κ3) is 3.89. The van der Waals surface area contributed by atoms with Gasteiger partial charge in [0.15, 0.2) is 0 Å². The summed E-state index contributed by atoms with van der Waals surface area (Å²) in [4.78, 5) is 0. The van der Waals surface area contributed by atoms with Crippen molar-refractivity contribution in [1.82, 2.24) is 0 Å². The molecule has 1 heteroatoms. The molecule has 0 radical (unpaired) electrons. The smallest absolute Gasteiger partial charge is 0.0120 e. The van der Waals surface area contributed by atoms with Crippen LogP contribution in [0.5, 0.6) is 0 Å². The second-order valence-electron chi connectivity index (χ2n) is 3.83. The van der Waals surface area contributed by atoms with Crippen LogP contribution in [0.15, 0.2) is 0 Å². The molecule has 0 saturated carbocycles. The van der Waals surface area contributed by atoms with E-state index in [1.165, 1.54) is 12.8 Å². The Morgan fingerprint density at radius 3 is 2.17 bits per heavy atom. The van der Waals surface area contributed by atoms with Crippen molar-refractivity contribution >= 4 is 5.71 Å². The van der Waals surface area contributed by atoms with E-state index < -0.39 is 0 Å². The lowest BCUT2D eigenvalue weighted by Crippen LogP contribution is -2.17. The Labute approximate surface area is 77.1 Å². The Bertz CT molecular complexity index is 129. The molecule has 0 heterocycles. The Balaban J connectivity index is 3.82. The summed E-state index contributed by atoms with van der Waals surface area (Å²) in [6.45, 7) is 8.81. The van der Waals surface area contributed by atoms with Crippen LogP contribution in [0.1, 0.15) is 53.4 Å². The second kappa shape index (κ2) is 6.22. The van der Waals surface area contributed by atoms with Gasteiger partial charge in [0.1, 0.15) is 0 Å². The second-order valence-corrected chi connectivity index (χ2v) is 3.83. The van der Waals surface area contributed by atoms with Crippen LogP contribution >= 0.6 is 0 Å². The predicted molar refractivity (Wildman–Crippen MR) is 55.9 cm³/mol. The predicted octanol–water partition coefficient (Wildman–Crippen LogP) is 3.88. The molecule has 0 saturated heterocycles. The highest BCUT2D eigenvalue weighted by Gasteiger charge is 2.14. The first-order valence-corrected chi connectivity index (χ1v) is 5.20. The molecule has 0 aromatic heterocycles. The van der Waals surface area contributed by atoms with Gasteiger partial charge in [0.25, 0.3) is 0 Å². The van der Waals surface area contributed by atoms with E-state index >= 15 is 0 Å². The van der Waals surface area contributed by atoms with Crippen molar-refractivity contribution in [3.63, 3.8) is 0 Å². The summed E-state index contributed by atoms with van der Waals surface area (Å²) >= 11 is 0. The topological polar surface area (TPSA) is 23.9 Å². The summed E-state index contributed by atoms with van der Waals surface area (Å²) in [7, 11) is 0. The first-order valence-electron chi connectivity index (χ1n) is 5.20. The van der Waals surface area contributed by atoms with Crippen LogP contribution in [-0.4, -0.2) is 5.71 Å². The first-order chi connectivity index (χ1) is 5.63. The van der Waals surface area contributed by atoms with Crippen molar-refractivity contribution in [3.05, 3.63) is 0 Å². The molecular formula is C11H23N. The van der Waals surface area contributed by atoms with Crippen molar-refractivity contribution < 1.29 is 0 Å². The molecule has 0 spiro atoms. The molecule has 1 N–H and O–H groups in total. The molecule has 0 aromatic carbocycles. The lowest BCUT2D eigenvalue weighted by atomic mass is 9.86. The molecule has 0 aliphatic rings. The zero-order valence-corrected chi connectivity index (χ0v) is 8.98. The maximum Gasteiger partial charge on any atom is 0.0120 e. The van der Waals surface area contributed by atoms with Crippen molar-refractivity contribution in [3.8, 4) is 0 Å². The van der Waals surface area contributed by atoms with Crippen LogP contribution in [0, 0.1) is 17.2 Å². The van der Waals surface area contributed by atoms with Crippen LogP contribution in [0.3, 0.4) is 0 Å². The zero-order valence-electron chi connectivity index (χ0n) is 8.98. The highest BCUT2D eigenvalue weighted by atomic mass is 14.4. The summed E-state index contributed by atoms with van der Waals surface area (Å²) in [5, 5.41) is 7.80. The van der Waals surface area contributed by atoms with Gasteiger partial charge >= 0.3 is 0 Å². The van der Waals surface area contributed by atoms with Gasteiger partial charge in [0.05, 0.1) is 0 Å². The van der Waals surface area contributed by atoms with Gasteiger partial charge < -0.3 is 5.41 Å². The van der Waals surface area contributed by atoms with Gasteiger partial charge in [-0.25, -0.2) is 0 Å². The quantitative estimate of drug-likeness (QED) is 0.583. The third-order valence-corrected chi connectivity index (χ3v) is 2.67. The van der Waals surface area contributed by atoms with E-state index in [-0.39, 0.29) is 0 Å². The maximum absolute atomic E-state index is 7.80. The molecule has 1 nitrogen and oxygen atoms in total. The number of nitrogens with one attached hydrogen (secondary N) is 1. The van der Waals surface area contributed by atoms with E-state index in [0.717, 1.165) is 18.6 Å². The molecule has 72 valence electrons. The Morgan fingerprint density at radius 2 is 1.75 bits per heavy atom. The molecular weight excluding hydrogens is 146 g/mol. The summed E-state index contributed by atoms with van der Waals surface area (Å²) in [6, 6.07) is 0. The van der Waals surface area contributed by atoms with Crippen LogP contribution in [0.2, 0.25) is 0 Å². The highest BCUT2D eigenvalue weighted by Crippen LogP contribution is 2.19. The van der Waals surface area contributed by atoms with Gasteiger partial charge in [-0.05, 0) is 18.3 Å². The molecule has 2 unspecified atom stereocenters. The fourth-order valence-corrected chi connectivity index (χ4v) is 1.55. The molecule has 2 atom stereocenters. The Kier molecular flexibility index (Phi) is 6.04. The van der Waals surface area contributed by atoms with Gasteiger partial charge in [-0.2, -0.15) is 0 Å². The molecule has 0 bridgehead atoms. The van der Waals surface area contributed by atoms with E-state index in [9.17, 15) is 0 Å².